The van der Waals surface area contributed by atoms with E-state index in [1.807, 2.05) is 12.3 Å². The Morgan fingerprint density at radius 1 is 1.73 bits per heavy atom. The van der Waals surface area contributed by atoms with Crippen LogP contribution in [0.5, 0.6) is 5.88 Å². The predicted octanol–water partition coefficient (Wildman–Crippen LogP) is 2.79. The molecule has 0 atom stereocenters. The van der Waals surface area contributed by atoms with Gasteiger partial charge in [0.05, 0.1) is 11.6 Å². The van der Waals surface area contributed by atoms with Crippen LogP contribution in [0.25, 0.3) is 0 Å². The van der Waals surface area contributed by atoms with Crippen molar-refractivity contribution in [3.05, 3.63) is 22.3 Å². The Morgan fingerprint density at radius 2 is 2.45 bits per heavy atom. The van der Waals surface area contributed by atoms with Gasteiger partial charge in [0.1, 0.15) is 0 Å². The monoisotopic (exact) mass is 327 g/mol. The van der Waals surface area contributed by atoms with E-state index in [1.165, 1.54) is 5.56 Å². The number of ether oxygens (including phenoxy) is 1. The van der Waals surface area contributed by atoms with E-state index < -0.39 is 0 Å². The van der Waals surface area contributed by atoms with Crippen LogP contribution in [-0.2, 0) is 4.43 Å². The van der Waals surface area contributed by atoms with Crippen LogP contribution in [0.1, 0.15) is 5.56 Å². The van der Waals surface area contributed by atoms with Crippen LogP contribution in [-0.4, -0.2) is 12.1 Å². The smallest absolute Gasteiger partial charge is 0.227 e. The highest BCUT2D eigenvalue weighted by molar-refractivity contribution is 14.1. The van der Waals surface area contributed by atoms with Crippen molar-refractivity contribution in [1.82, 2.24) is 4.98 Å². The molecule has 4 heteroatoms. The number of pyridine rings is 1. The van der Waals surface area contributed by atoms with Crippen molar-refractivity contribution in [2.24, 2.45) is 0 Å². The summed E-state index contributed by atoms with van der Waals surface area (Å²) in [4.78, 5) is 4.09. The van der Waals surface area contributed by atoms with Gasteiger partial charge in [-0.05, 0) is 27.6 Å². The van der Waals surface area contributed by atoms with E-state index in [9.17, 15) is 0 Å². The van der Waals surface area contributed by atoms with Crippen LogP contribution in [0.15, 0.2) is 16.7 Å². The molecule has 0 aliphatic carbocycles. The SMILES string of the molecule is COc1ncc(CI)cc1Br. The maximum Gasteiger partial charge on any atom is 0.227 e. The van der Waals surface area contributed by atoms with E-state index in [4.69, 9.17) is 4.74 Å². The van der Waals surface area contributed by atoms with Crippen molar-refractivity contribution in [1.29, 1.82) is 0 Å². The van der Waals surface area contributed by atoms with Crippen LogP contribution in [0.4, 0.5) is 0 Å². The van der Waals surface area contributed by atoms with E-state index in [0.717, 1.165) is 8.90 Å². The Balaban J connectivity index is 2.99. The Morgan fingerprint density at radius 3 is 2.91 bits per heavy atom. The van der Waals surface area contributed by atoms with E-state index in [2.05, 4.69) is 43.5 Å². The van der Waals surface area contributed by atoms with Crippen molar-refractivity contribution in [3.63, 3.8) is 0 Å². The number of rotatable bonds is 2. The van der Waals surface area contributed by atoms with Gasteiger partial charge in [-0.1, -0.05) is 22.6 Å². The molecular weight excluding hydrogens is 321 g/mol. The largest absolute Gasteiger partial charge is 0.480 e. The topological polar surface area (TPSA) is 22.1 Å². The number of aromatic nitrogens is 1. The summed E-state index contributed by atoms with van der Waals surface area (Å²) < 4.78 is 6.86. The van der Waals surface area contributed by atoms with Gasteiger partial charge in [-0.15, -0.1) is 0 Å². The molecule has 1 aromatic heterocycles. The second-order valence-electron chi connectivity index (χ2n) is 1.97. The lowest BCUT2D eigenvalue weighted by molar-refractivity contribution is 0.395. The molecule has 0 aromatic carbocycles. The summed E-state index contributed by atoms with van der Waals surface area (Å²) in [6.07, 6.45) is 1.82. The first kappa shape index (κ1) is 9.25. The van der Waals surface area contributed by atoms with Gasteiger partial charge in [0, 0.05) is 10.6 Å². The van der Waals surface area contributed by atoms with Crippen LogP contribution >= 0.6 is 38.5 Å². The van der Waals surface area contributed by atoms with E-state index >= 15 is 0 Å². The molecular formula is C7H7BrINO. The number of hydrogen-bond acceptors (Lipinski definition) is 2. The first-order chi connectivity index (χ1) is 5.27. The van der Waals surface area contributed by atoms with Gasteiger partial charge in [0.15, 0.2) is 0 Å². The quantitative estimate of drug-likeness (QED) is 0.615. The van der Waals surface area contributed by atoms with Crippen molar-refractivity contribution < 1.29 is 4.74 Å². The third-order valence-corrected chi connectivity index (χ3v) is 2.66. The molecule has 0 saturated heterocycles. The van der Waals surface area contributed by atoms with Gasteiger partial charge >= 0.3 is 0 Å². The highest BCUT2D eigenvalue weighted by Gasteiger charge is 2.00. The molecule has 0 radical (unpaired) electrons. The molecule has 0 spiro atoms. The third-order valence-electron chi connectivity index (χ3n) is 1.21. The van der Waals surface area contributed by atoms with E-state index in [1.54, 1.807) is 7.11 Å². The normalized spacial score (nSPS) is 9.73. The predicted molar refractivity (Wildman–Crippen MR) is 56.2 cm³/mol. The van der Waals surface area contributed by atoms with Gasteiger partial charge < -0.3 is 4.74 Å². The Kier molecular flexibility index (Phi) is 3.58. The molecule has 0 aliphatic rings. The molecule has 11 heavy (non-hydrogen) atoms. The number of alkyl halides is 1. The lowest BCUT2D eigenvalue weighted by Crippen LogP contribution is -1.89. The standard InChI is InChI=1S/C7H7BrINO/c1-11-7-6(8)2-5(3-9)4-10-7/h2,4H,3H2,1H3. The van der Waals surface area contributed by atoms with Crippen molar-refractivity contribution in [2.75, 3.05) is 7.11 Å². The van der Waals surface area contributed by atoms with Gasteiger partial charge in [-0.25, -0.2) is 4.98 Å². The fourth-order valence-electron chi connectivity index (χ4n) is 0.688. The Hall–Kier alpha value is 0.160. The number of methoxy groups -OCH3 is 1. The third kappa shape index (κ3) is 2.30. The molecule has 0 N–H and O–H groups in total. The molecule has 0 saturated carbocycles. The highest BCUT2D eigenvalue weighted by atomic mass is 127. The maximum absolute atomic E-state index is 4.98. The summed E-state index contributed by atoms with van der Waals surface area (Å²) in [6.45, 7) is 0. The Labute approximate surface area is 87.6 Å². The minimum atomic E-state index is 0.638. The summed E-state index contributed by atoms with van der Waals surface area (Å²) in [7, 11) is 1.61. The Bertz CT molecular complexity index is 254. The summed E-state index contributed by atoms with van der Waals surface area (Å²) in [5.41, 5.74) is 1.19. The van der Waals surface area contributed by atoms with Crippen molar-refractivity contribution in [2.45, 2.75) is 4.43 Å². The molecule has 0 unspecified atom stereocenters. The summed E-state index contributed by atoms with van der Waals surface area (Å²) in [5, 5.41) is 0. The second kappa shape index (κ2) is 4.25. The van der Waals surface area contributed by atoms with Gasteiger partial charge in [0.2, 0.25) is 5.88 Å². The van der Waals surface area contributed by atoms with Gasteiger partial charge in [-0.2, -0.15) is 0 Å². The lowest BCUT2D eigenvalue weighted by atomic mass is 10.3. The number of nitrogens with zero attached hydrogens (tertiary/aromatic N) is 1. The lowest BCUT2D eigenvalue weighted by Gasteiger charge is -2.01. The van der Waals surface area contributed by atoms with Crippen LogP contribution in [0.3, 0.4) is 0 Å². The van der Waals surface area contributed by atoms with Gasteiger partial charge in [0.25, 0.3) is 0 Å². The maximum atomic E-state index is 4.98. The zero-order valence-electron chi connectivity index (χ0n) is 5.97. The zero-order valence-corrected chi connectivity index (χ0v) is 9.72. The molecule has 60 valence electrons. The zero-order chi connectivity index (χ0) is 8.27. The molecule has 0 bridgehead atoms. The fourth-order valence-corrected chi connectivity index (χ4v) is 1.66. The van der Waals surface area contributed by atoms with E-state index in [0.29, 0.717) is 5.88 Å². The molecule has 0 aliphatic heterocycles. The fraction of sp³-hybridized carbons (Fsp3) is 0.286. The van der Waals surface area contributed by atoms with Crippen LogP contribution < -0.4 is 4.74 Å². The summed E-state index contributed by atoms with van der Waals surface area (Å²) in [6, 6.07) is 2.01. The first-order valence-electron chi connectivity index (χ1n) is 3.02. The van der Waals surface area contributed by atoms with Crippen molar-refractivity contribution in [3.8, 4) is 5.88 Å². The minimum absolute atomic E-state index is 0.638. The average molecular weight is 328 g/mol. The van der Waals surface area contributed by atoms with Crippen LogP contribution in [0.2, 0.25) is 0 Å². The molecule has 0 amide bonds. The first-order valence-corrected chi connectivity index (χ1v) is 5.34. The van der Waals surface area contributed by atoms with E-state index in [-0.39, 0.29) is 0 Å². The molecule has 1 aromatic rings. The molecule has 1 rings (SSSR count). The van der Waals surface area contributed by atoms with Crippen molar-refractivity contribution >= 4 is 38.5 Å². The number of hydrogen-bond donors (Lipinski definition) is 0. The minimum Gasteiger partial charge on any atom is -0.480 e. The molecule has 0 fully saturated rings. The number of halogens is 2. The summed E-state index contributed by atoms with van der Waals surface area (Å²) in [5.74, 6) is 0.638. The van der Waals surface area contributed by atoms with Gasteiger partial charge in [-0.3, -0.25) is 0 Å². The second-order valence-corrected chi connectivity index (χ2v) is 3.59. The summed E-state index contributed by atoms with van der Waals surface area (Å²) >= 11 is 5.65. The molecule has 1 heterocycles. The average Bonchev–Trinajstić information content (AvgIpc) is 2.04. The molecule has 2 nitrogen and oxygen atoms in total. The highest BCUT2D eigenvalue weighted by Crippen LogP contribution is 2.23. The van der Waals surface area contributed by atoms with Crippen LogP contribution in [0, 0.1) is 0 Å².